The summed E-state index contributed by atoms with van der Waals surface area (Å²) in [5.41, 5.74) is 0. The first kappa shape index (κ1) is 11.9. The SMILES string of the molecule is OC(CBr)CSc1ccc(F)cc1F. The van der Waals surface area contributed by atoms with Crippen LogP contribution >= 0.6 is 27.7 Å². The van der Waals surface area contributed by atoms with E-state index in [0.717, 1.165) is 6.07 Å². The highest BCUT2D eigenvalue weighted by atomic mass is 79.9. The lowest BCUT2D eigenvalue weighted by Gasteiger charge is -2.06. The van der Waals surface area contributed by atoms with Gasteiger partial charge >= 0.3 is 0 Å². The van der Waals surface area contributed by atoms with E-state index in [9.17, 15) is 13.9 Å². The van der Waals surface area contributed by atoms with E-state index in [1.54, 1.807) is 0 Å². The molecule has 78 valence electrons. The van der Waals surface area contributed by atoms with E-state index in [2.05, 4.69) is 15.9 Å². The van der Waals surface area contributed by atoms with E-state index in [-0.39, 0.29) is 0 Å². The normalized spacial score (nSPS) is 12.9. The predicted molar refractivity (Wildman–Crippen MR) is 56.9 cm³/mol. The Balaban J connectivity index is 2.59. The lowest BCUT2D eigenvalue weighted by molar-refractivity contribution is 0.226. The second kappa shape index (κ2) is 5.68. The molecule has 1 atom stereocenters. The van der Waals surface area contributed by atoms with Gasteiger partial charge in [-0.05, 0) is 12.1 Å². The molecule has 0 aliphatic rings. The third-order valence-electron chi connectivity index (χ3n) is 1.50. The smallest absolute Gasteiger partial charge is 0.139 e. The number of aliphatic hydroxyl groups excluding tert-OH is 1. The molecule has 1 aromatic rings. The average Bonchev–Trinajstić information content (AvgIpc) is 2.16. The van der Waals surface area contributed by atoms with Crippen molar-refractivity contribution >= 4 is 27.7 Å². The van der Waals surface area contributed by atoms with Crippen molar-refractivity contribution in [2.24, 2.45) is 0 Å². The molecule has 0 radical (unpaired) electrons. The molecule has 14 heavy (non-hydrogen) atoms. The summed E-state index contributed by atoms with van der Waals surface area (Å²) < 4.78 is 25.6. The van der Waals surface area contributed by atoms with Crippen molar-refractivity contribution in [3.63, 3.8) is 0 Å². The van der Waals surface area contributed by atoms with Gasteiger partial charge in [-0.25, -0.2) is 8.78 Å². The first-order valence-electron chi connectivity index (χ1n) is 3.95. The van der Waals surface area contributed by atoms with E-state index in [1.165, 1.54) is 23.9 Å². The molecule has 0 aliphatic carbocycles. The van der Waals surface area contributed by atoms with Crippen LogP contribution in [0.2, 0.25) is 0 Å². The summed E-state index contributed by atoms with van der Waals surface area (Å²) in [4.78, 5) is 0.353. The number of thioether (sulfide) groups is 1. The van der Waals surface area contributed by atoms with E-state index in [1.807, 2.05) is 0 Å². The summed E-state index contributed by atoms with van der Waals surface area (Å²) in [6.07, 6.45) is -0.524. The maximum atomic E-state index is 13.1. The number of aliphatic hydroxyl groups is 1. The molecule has 0 aliphatic heterocycles. The van der Waals surface area contributed by atoms with Gasteiger partial charge in [-0.3, -0.25) is 0 Å². The number of halogens is 3. The van der Waals surface area contributed by atoms with Crippen molar-refractivity contribution < 1.29 is 13.9 Å². The highest BCUT2D eigenvalue weighted by Gasteiger charge is 2.07. The van der Waals surface area contributed by atoms with Gasteiger partial charge in [0.2, 0.25) is 0 Å². The van der Waals surface area contributed by atoms with Crippen LogP contribution in [0.1, 0.15) is 0 Å². The fraction of sp³-hybridized carbons (Fsp3) is 0.333. The van der Waals surface area contributed by atoms with Gasteiger partial charge in [-0.15, -0.1) is 11.8 Å². The Kier molecular flexibility index (Phi) is 4.84. The first-order valence-corrected chi connectivity index (χ1v) is 6.06. The zero-order valence-electron chi connectivity index (χ0n) is 7.21. The Morgan fingerprint density at radius 3 is 2.71 bits per heavy atom. The first-order chi connectivity index (χ1) is 6.63. The van der Waals surface area contributed by atoms with Crippen molar-refractivity contribution in [3.8, 4) is 0 Å². The topological polar surface area (TPSA) is 20.2 Å². The van der Waals surface area contributed by atoms with Gasteiger partial charge in [0.1, 0.15) is 11.6 Å². The molecule has 0 bridgehead atoms. The van der Waals surface area contributed by atoms with Gasteiger partial charge in [0, 0.05) is 22.0 Å². The molecule has 1 nitrogen and oxygen atoms in total. The Morgan fingerprint density at radius 2 is 2.14 bits per heavy atom. The van der Waals surface area contributed by atoms with Crippen LogP contribution in [0.4, 0.5) is 8.78 Å². The quantitative estimate of drug-likeness (QED) is 0.677. The van der Waals surface area contributed by atoms with Crippen molar-refractivity contribution in [3.05, 3.63) is 29.8 Å². The summed E-state index contributed by atoms with van der Waals surface area (Å²) >= 11 is 4.27. The second-order valence-corrected chi connectivity index (χ2v) is 4.40. The fourth-order valence-electron chi connectivity index (χ4n) is 0.823. The molecule has 0 heterocycles. The molecule has 1 N–H and O–H groups in total. The molecule has 0 saturated heterocycles. The maximum absolute atomic E-state index is 13.1. The van der Waals surface area contributed by atoms with Crippen LogP contribution in [0.25, 0.3) is 0 Å². The lowest BCUT2D eigenvalue weighted by atomic mass is 10.3. The summed E-state index contributed by atoms with van der Waals surface area (Å²) in [5, 5.41) is 9.65. The van der Waals surface area contributed by atoms with E-state index in [0.29, 0.717) is 16.0 Å². The molecule has 0 fully saturated rings. The monoisotopic (exact) mass is 282 g/mol. The minimum Gasteiger partial charge on any atom is -0.391 e. The van der Waals surface area contributed by atoms with E-state index >= 15 is 0 Å². The van der Waals surface area contributed by atoms with Crippen LogP contribution < -0.4 is 0 Å². The van der Waals surface area contributed by atoms with Gasteiger partial charge in [-0.1, -0.05) is 15.9 Å². The van der Waals surface area contributed by atoms with Crippen LogP contribution in [0, 0.1) is 11.6 Å². The molecule has 0 spiro atoms. The standard InChI is InChI=1S/C9H9BrF2OS/c10-4-7(13)5-14-9-2-1-6(11)3-8(9)12/h1-3,7,13H,4-5H2. The molecule has 0 saturated carbocycles. The van der Waals surface area contributed by atoms with Crippen LogP contribution in [0.15, 0.2) is 23.1 Å². The predicted octanol–water partition coefficient (Wildman–Crippen LogP) is 2.81. The number of rotatable bonds is 4. The zero-order chi connectivity index (χ0) is 10.6. The fourth-order valence-corrected chi connectivity index (χ4v) is 2.21. The summed E-state index contributed by atoms with van der Waals surface area (Å²) in [5.74, 6) is -0.793. The third kappa shape index (κ3) is 3.55. The number of benzene rings is 1. The minimum absolute atomic E-state index is 0.353. The van der Waals surface area contributed by atoms with Crippen LogP contribution in [0.5, 0.6) is 0 Å². The highest BCUT2D eigenvalue weighted by molar-refractivity contribution is 9.09. The molecular weight excluding hydrogens is 274 g/mol. The van der Waals surface area contributed by atoms with Crippen molar-refractivity contribution in [2.45, 2.75) is 11.0 Å². The molecule has 1 rings (SSSR count). The summed E-state index contributed by atoms with van der Waals surface area (Å²) in [6, 6.07) is 3.41. The van der Waals surface area contributed by atoms with Crippen LogP contribution in [-0.4, -0.2) is 22.3 Å². The Morgan fingerprint density at radius 1 is 1.43 bits per heavy atom. The molecular formula is C9H9BrF2OS. The van der Waals surface area contributed by atoms with Crippen LogP contribution in [-0.2, 0) is 0 Å². The van der Waals surface area contributed by atoms with Crippen molar-refractivity contribution in [2.75, 3.05) is 11.1 Å². The Bertz CT molecular complexity index is 309. The van der Waals surface area contributed by atoms with E-state index in [4.69, 9.17) is 0 Å². The lowest BCUT2D eigenvalue weighted by Crippen LogP contribution is -2.10. The van der Waals surface area contributed by atoms with Gasteiger partial charge in [0.25, 0.3) is 0 Å². The number of alkyl halides is 1. The average molecular weight is 283 g/mol. The van der Waals surface area contributed by atoms with E-state index < -0.39 is 17.7 Å². The number of hydrogen-bond donors (Lipinski definition) is 1. The highest BCUT2D eigenvalue weighted by Crippen LogP contribution is 2.23. The molecule has 0 aromatic heterocycles. The molecule has 0 amide bonds. The molecule has 5 heteroatoms. The maximum Gasteiger partial charge on any atom is 0.139 e. The second-order valence-electron chi connectivity index (χ2n) is 2.69. The summed E-state index contributed by atoms with van der Waals surface area (Å²) in [7, 11) is 0. The van der Waals surface area contributed by atoms with Gasteiger partial charge < -0.3 is 5.11 Å². The van der Waals surface area contributed by atoms with Crippen molar-refractivity contribution in [1.29, 1.82) is 0 Å². The number of hydrogen-bond acceptors (Lipinski definition) is 2. The van der Waals surface area contributed by atoms with Gasteiger partial charge in [0.05, 0.1) is 6.10 Å². The summed E-state index contributed by atoms with van der Waals surface area (Å²) in [6.45, 7) is 0. The minimum atomic E-state index is -0.590. The zero-order valence-corrected chi connectivity index (χ0v) is 9.62. The molecule has 1 aromatic carbocycles. The van der Waals surface area contributed by atoms with Crippen molar-refractivity contribution in [1.82, 2.24) is 0 Å². The Hall–Kier alpha value is -0.130. The molecule has 1 unspecified atom stereocenters. The third-order valence-corrected chi connectivity index (χ3v) is 3.44. The van der Waals surface area contributed by atoms with Crippen LogP contribution in [0.3, 0.4) is 0 Å². The largest absolute Gasteiger partial charge is 0.391 e. The van der Waals surface area contributed by atoms with Gasteiger partial charge in [0.15, 0.2) is 0 Å². The Labute approximate surface area is 93.6 Å². The van der Waals surface area contributed by atoms with Gasteiger partial charge in [-0.2, -0.15) is 0 Å².